The number of benzene rings is 2. The Hall–Kier alpha value is -3.03. The van der Waals surface area contributed by atoms with Gasteiger partial charge in [-0.15, -0.1) is 0 Å². The molecule has 1 amide bonds. The number of rotatable bonds is 5. The van der Waals surface area contributed by atoms with Crippen LogP contribution in [0.3, 0.4) is 0 Å². The van der Waals surface area contributed by atoms with Gasteiger partial charge < -0.3 is 15.2 Å². The Morgan fingerprint density at radius 3 is 2.32 bits per heavy atom. The molecule has 0 aliphatic rings. The summed E-state index contributed by atoms with van der Waals surface area (Å²) >= 11 is 0. The molecule has 25 heavy (non-hydrogen) atoms. The summed E-state index contributed by atoms with van der Waals surface area (Å²) in [6.07, 6.45) is -5.53. The molecule has 0 aliphatic carbocycles. The Balaban J connectivity index is 1.97. The third-order valence-electron chi connectivity index (χ3n) is 3.27. The topological polar surface area (TPSA) is 75.6 Å². The number of carbonyl (C=O) groups is 2. The summed E-state index contributed by atoms with van der Waals surface area (Å²) in [5, 5.41) is 11.3. The number of alkyl halides is 3. The predicted octanol–water partition coefficient (Wildman–Crippen LogP) is 3.83. The van der Waals surface area contributed by atoms with Gasteiger partial charge in [0.05, 0.1) is 11.1 Å². The molecule has 2 aromatic rings. The molecule has 0 aliphatic heterocycles. The summed E-state index contributed by atoms with van der Waals surface area (Å²) < 4.78 is 43.2. The molecule has 0 aromatic heterocycles. The Morgan fingerprint density at radius 1 is 1.04 bits per heavy atom. The van der Waals surface area contributed by atoms with E-state index in [0.717, 1.165) is 17.7 Å². The highest BCUT2D eigenvalue weighted by atomic mass is 19.4. The van der Waals surface area contributed by atoms with E-state index in [1.807, 2.05) is 6.07 Å². The fourth-order valence-corrected chi connectivity index (χ4v) is 2.07. The van der Waals surface area contributed by atoms with Gasteiger partial charge in [0.2, 0.25) is 0 Å². The maximum Gasteiger partial charge on any atom is 0.417 e. The lowest BCUT2D eigenvalue weighted by molar-refractivity contribution is -0.138. The number of hydrogen-bond acceptors (Lipinski definition) is 3. The molecule has 0 radical (unpaired) electrons. The van der Waals surface area contributed by atoms with E-state index in [0.29, 0.717) is 6.07 Å². The van der Waals surface area contributed by atoms with Gasteiger partial charge in [0.25, 0.3) is 0 Å². The highest BCUT2D eigenvalue weighted by Crippen LogP contribution is 2.32. The standard InChI is InChI=1S/C17H14F3NO4/c18-17(19,20)14-7-6-12(8-13(14)15(22)23)9-21-16(24)25-10-11-4-2-1-3-5-11/h1-8H,9-10H2,(H,21,24)(H,22,23). The van der Waals surface area contributed by atoms with Gasteiger partial charge in [-0.3, -0.25) is 0 Å². The minimum Gasteiger partial charge on any atom is -0.478 e. The van der Waals surface area contributed by atoms with Crippen molar-refractivity contribution in [3.63, 3.8) is 0 Å². The fraction of sp³-hybridized carbons (Fsp3) is 0.176. The minimum absolute atomic E-state index is 0.0417. The van der Waals surface area contributed by atoms with Crippen LogP contribution in [0, 0.1) is 0 Å². The number of halogens is 3. The minimum atomic E-state index is -4.77. The molecule has 0 fully saturated rings. The Bertz CT molecular complexity index is 760. The molecule has 2 N–H and O–H groups in total. The van der Waals surface area contributed by atoms with Crippen LogP contribution in [0.1, 0.15) is 27.0 Å². The molecule has 0 heterocycles. The van der Waals surface area contributed by atoms with Gasteiger partial charge in [-0.25, -0.2) is 9.59 Å². The van der Waals surface area contributed by atoms with E-state index in [9.17, 15) is 22.8 Å². The van der Waals surface area contributed by atoms with Crippen molar-refractivity contribution in [2.75, 3.05) is 0 Å². The Labute approximate surface area is 141 Å². The second-order valence-electron chi connectivity index (χ2n) is 5.10. The monoisotopic (exact) mass is 353 g/mol. The second kappa shape index (κ2) is 7.69. The molecule has 5 nitrogen and oxygen atoms in total. The molecule has 132 valence electrons. The van der Waals surface area contributed by atoms with Crippen LogP contribution in [0.4, 0.5) is 18.0 Å². The van der Waals surface area contributed by atoms with Gasteiger partial charge in [-0.05, 0) is 23.3 Å². The summed E-state index contributed by atoms with van der Waals surface area (Å²) in [6.45, 7) is -0.119. The lowest BCUT2D eigenvalue weighted by Crippen LogP contribution is -2.24. The number of alkyl carbamates (subject to hydrolysis) is 1. The third-order valence-corrected chi connectivity index (χ3v) is 3.27. The summed E-state index contributed by atoms with van der Waals surface area (Å²) in [5.74, 6) is -1.69. The van der Waals surface area contributed by atoms with Crippen molar-refractivity contribution >= 4 is 12.1 Å². The number of amides is 1. The molecule has 0 spiro atoms. The zero-order valence-electron chi connectivity index (χ0n) is 12.8. The van der Waals surface area contributed by atoms with Crippen LogP contribution in [0.2, 0.25) is 0 Å². The van der Waals surface area contributed by atoms with Crippen LogP contribution in [-0.2, 0) is 24.1 Å². The van der Waals surface area contributed by atoms with Crippen LogP contribution >= 0.6 is 0 Å². The quantitative estimate of drug-likeness (QED) is 0.857. The van der Waals surface area contributed by atoms with Crippen LogP contribution in [0.25, 0.3) is 0 Å². The van der Waals surface area contributed by atoms with Crippen molar-refractivity contribution in [2.45, 2.75) is 19.3 Å². The lowest BCUT2D eigenvalue weighted by atomic mass is 10.0. The molecular weight excluding hydrogens is 339 g/mol. The number of ether oxygens (including phenoxy) is 1. The van der Waals surface area contributed by atoms with E-state index in [-0.39, 0.29) is 18.7 Å². The maximum atomic E-state index is 12.8. The maximum absolute atomic E-state index is 12.8. The summed E-state index contributed by atoms with van der Waals surface area (Å²) in [5.41, 5.74) is -1.12. The molecule has 0 saturated heterocycles. The first kappa shape index (κ1) is 18.3. The van der Waals surface area contributed by atoms with Gasteiger partial charge >= 0.3 is 18.2 Å². The molecule has 2 rings (SSSR count). The number of hydrogen-bond donors (Lipinski definition) is 2. The van der Waals surface area contributed by atoms with Crippen molar-refractivity contribution in [3.8, 4) is 0 Å². The number of aromatic carboxylic acids is 1. The smallest absolute Gasteiger partial charge is 0.417 e. The average Bonchev–Trinajstić information content (AvgIpc) is 2.58. The third kappa shape index (κ3) is 5.23. The first-order chi connectivity index (χ1) is 11.8. The van der Waals surface area contributed by atoms with Gasteiger partial charge in [0.1, 0.15) is 6.61 Å². The van der Waals surface area contributed by atoms with E-state index < -0.39 is 29.4 Å². The fourth-order valence-electron chi connectivity index (χ4n) is 2.07. The Kier molecular flexibility index (Phi) is 5.63. The van der Waals surface area contributed by atoms with Gasteiger partial charge in [-0.2, -0.15) is 13.2 Å². The second-order valence-corrected chi connectivity index (χ2v) is 5.10. The normalized spacial score (nSPS) is 11.0. The average molecular weight is 353 g/mol. The van der Waals surface area contributed by atoms with Crippen LogP contribution in [0.5, 0.6) is 0 Å². The van der Waals surface area contributed by atoms with Crippen LogP contribution < -0.4 is 5.32 Å². The molecule has 2 aromatic carbocycles. The largest absolute Gasteiger partial charge is 0.478 e. The van der Waals surface area contributed by atoms with Crippen molar-refractivity contribution in [1.29, 1.82) is 0 Å². The number of carbonyl (C=O) groups excluding carboxylic acids is 1. The first-order valence-electron chi connectivity index (χ1n) is 7.15. The van der Waals surface area contributed by atoms with Crippen molar-refractivity contribution in [3.05, 3.63) is 70.8 Å². The molecule has 8 heteroatoms. The van der Waals surface area contributed by atoms with Crippen LogP contribution in [-0.4, -0.2) is 17.2 Å². The predicted molar refractivity (Wildman–Crippen MR) is 81.9 cm³/mol. The van der Waals surface area contributed by atoms with Crippen molar-refractivity contribution in [1.82, 2.24) is 5.32 Å². The number of nitrogens with one attached hydrogen (secondary N) is 1. The highest BCUT2D eigenvalue weighted by Gasteiger charge is 2.35. The summed E-state index contributed by atoms with van der Waals surface area (Å²) in [4.78, 5) is 22.6. The molecule has 0 atom stereocenters. The number of carboxylic acid groups (broad SMARTS) is 1. The Morgan fingerprint density at radius 2 is 1.72 bits per heavy atom. The van der Waals surface area contributed by atoms with E-state index in [1.54, 1.807) is 24.3 Å². The zero-order chi connectivity index (χ0) is 18.4. The SMILES string of the molecule is O=C(NCc1ccc(C(F)(F)F)c(C(=O)O)c1)OCc1ccccc1. The van der Waals surface area contributed by atoms with Crippen LogP contribution in [0.15, 0.2) is 48.5 Å². The van der Waals surface area contributed by atoms with Crippen molar-refractivity contribution in [2.24, 2.45) is 0 Å². The molecule has 0 unspecified atom stereocenters. The molecular formula is C17H14F3NO4. The van der Waals surface area contributed by atoms with E-state index in [2.05, 4.69) is 5.32 Å². The van der Waals surface area contributed by atoms with Crippen molar-refractivity contribution < 1.29 is 32.6 Å². The van der Waals surface area contributed by atoms with Gasteiger partial charge in [0.15, 0.2) is 0 Å². The van der Waals surface area contributed by atoms with E-state index >= 15 is 0 Å². The van der Waals surface area contributed by atoms with Gasteiger partial charge in [-0.1, -0.05) is 36.4 Å². The van der Waals surface area contributed by atoms with Gasteiger partial charge in [0, 0.05) is 6.54 Å². The number of carboxylic acids is 1. The zero-order valence-corrected chi connectivity index (χ0v) is 12.8. The summed E-state index contributed by atoms with van der Waals surface area (Å²) in [7, 11) is 0. The first-order valence-corrected chi connectivity index (χ1v) is 7.15. The highest BCUT2D eigenvalue weighted by molar-refractivity contribution is 5.90. The molecule has 0 bridgehead atoms. The van der Waals surface area contributed by atoms with E-state index in [4.69, 9.17) is 9.84 Å². The summed E-state index contributed by atoms with van der Waals surface area (Å²) in [6, 6.07) is 11.6. The lowest BCUT2D eigenvalue weighted by Gasteiger charge is -2.12. The molecule has 0 saturated carbocycles. The van der Waals surface area contributed by atoms with E-state index in [1.165, 1.54) is 0 Å².